The summed E-state index contributed by atoms with van der Waals surface area (Å²) < 4.78 is 28.2. The van der Waals surface area contributed by atoms with Gasteiger partial charge in [0, 0.05) is 12.0 Å². The Labute approximate surface area is 132 Å². The van der Waals surface area contributed by atoms with Gasteiger partial charge in [-0.15, -0.1) is 0 Å². The third kappa shape index (κ3) is 3.02. The van der Waals surface area contributed by atoms with Gasteiger partial charge in [0.25, 0.3) is 0 Å². The highest BCUT2D eigenvalue weighted by Crippen LogP contribution is 2.51. The van der Waals surface area contributed by atoms with Gasteiger partial charge in [0.15, 0.2) is 0 Å². The summed E-state index contributed by atoms with van der Waals surface area (Å²) in [5.41, 5.74) is -0.550. The first-order valence-electron chi connectivity index (χ1n) is 7.78. The van der Waals surface area contributed by atoms with E-state index in [0.717, 1.165) is 12.8 Å². The first-order valence-corrected chi connectivity index (χ1v) is 8.57. The van der Waals surface area contributed by atoms with E-state index in [9.17, 15) is 13.9 Å². The lowest BCUT2D eigenvalue weighted by Crippen LogP contribution is -2.40. The first-order chi connectivity index (χ1) is 9.93. The van der Waals surface area contributed by atoms with E-state index in [1.807, 2.05) is 0 Å². The van der Waals surface area contributed by atoms with Gasteiger partial charge in [-0.05, 0) is 72.0 Å². The Morgan fingerprint density at radius 3 is 2.24 bits per heavy atom. The zero-order valence-corrected chi connectivity index (χ0v) is 13.7. The average molecular weight is 359 g/mol. The van der Waals surface area contributed by atoms with Crippen LogP contribution in [0.25, 0.3) is 0 Å². The third-order valence-corrected chi connectivity index (χ3v) is 6.16. The molecular weight excluding hydrogens is 338 g/mol. The minimum atomic E-state index is -0.962. The number of aliphatic hydroxyl groups is 1. The van der Waals surface area contributed by atoms with Crippen LogP contribution in [-0.2, 0) is 6.42 Å². The summed E-state index contributed by atoms with van der Waals surface area (Å²) in [6.45, 7) is 0. The smallest absolute Gasteiger partial charge is 0.143 e. The molecule has 0 aliphatic heterocycles. The predicted octanol–water partition coefficient (Wildman–Crippen LogP) is 5.14. The van der Waals surface area contributed by atoms with Crippen LogP contribution >= 0.6 is 15.9 Å². The molecule has 1 N–H and O–H groups in total. The molecule has 1 aromatic rings. The molecule has 0 unspecified atom stereocenters. The van der Waals surface area contributed by atoms with Crippen molar-refractivity contribution in [2.24, 2.45) is 5.41 Å². The fraction of sp³-hybridized carbons (Fsp3) is 0.647. The van der Waals surface area contributed by atoms with Crippen LogP contribution in [0.2, 0.25) is 0 Å². The molecule has 0 saturated heterocycles. The van der Waals surface area contributed by atoms with Gasteiger partial charge in [-0.3, -0.25) is 0 Å². The second kappa shape index (κ2) is 5.62. The first kappa shape index (κ1) is 15.4. The van der Waals surface area contributed by atoms with Crippen LogP contribution in [0.1, 0.15) is 56.9 Å². The van der Waals surface area contributed by atoms with Crippen LogP contribution in [0.4, 0.5) is 8.78 Å². The van der Waals surface area contributed by atoms with Gasteiger partial charge < -0.3 is 5.11 Å². The molecule has 0 atom stereocenters. The quantitative estimate of drug-likeness (QED) is 0.726. The third-order valence-electron chi connectivity index (χ3n) is 5.55. The highest BCUT2D eigenvalue weighted by molar-refractivity contribution is 9.10. The van der Waals surface area contributed by atoms with Crippen LogP contribution in [0, 0.1) is 17.0 Å². The van der Waals surface area contributed by atoms with Crippen LogP contribution in [0.3, 0.4) is 0 Å². The lowest BCUT2D eigenvalue weighted by Gasteiger charge is -2.42. The van der Waals surface area contributed by atoms with Gasteiger partial charge in [-0.25, -0.2) is 8.78 Å². The highest BCUT2D eigenvalue weighted by atomic mass is 79.9. The van der Waals surface area contributed by atoms with Gasteiger partial charge in [0.05, 0.1) is 10.1 Å². The molecule has 0 bridgehead atoms. The molecule has 116 valence electrons. The number of rotatable bonds is 2. The minimum Gasteiger partial charge on any atom is -0.390 e. The molecular formula is C17H21BrF2O. The van der Waals surface area contributed by atoms with Crippen molar-refractivity contribution in [2.75, 3.05) is 0 Å². The molecule has 2 aliphatic rings. The predicted molar refractivity (Wildman–Crippen MR) is 82.1 cm³/mol. The van der Waals surface area contributed by atoms with Crippen molar-refractivity contribution in [1.82, 2.24) is 0 Å². The van der Waals surface area contributed by atoms with Gasteiger partial charge >= 0.3 is 0 Å². The van der Waals surface area contributed by atoms with E-state index in [2.05, 4.69) is 15.9 Å². The Morgan fingerprint density at radius 2 is 1.62 bits per heavy atom. The molecule has 0 heterocycles. The second-order valence-electron chi connectivity index (χ2n) is 6.93. The van der Waals surface area contributed by atoms with E-state index < -0.39 is 17.2 Å². The van der Waals surface area contributed by atoms with Crippen molar-refractivity contribution < 1.29 is 13.9 Å². The van der Waals surface area contributed by atoms with E-state index in [-0.39, 0.29) is 16.5 Å². The van der Waals surface area contributed by atoms with E-state index >= 15 is 0 Å². The molecule has 4 heteroatoms. The maximum Gasteiger partial charge on any atom is 0.143 e. The normalized spacial score (nSPS) is 23.6. The van der Waals surface area contributed by atoms with Crippen molar-refractivity contribution in [3.05, 3.63) is 33.8 Å². The summed E-state index contributed by atoms with van der Waals surface area (Å²) >= 11 is 3.09. The maximum absolute atomic E-state index is 14.1. The summed E-state index contributed by atoms with van der Waals surface area (Å²) in [7, 11) is 0. The Kier molecular flexibility index (Phi) is 4.12. The van der Waals surface area contributed by atoms with Crippen molar-refractivity contribution in [3.8, 4) is 0 Å². The average Bonchev–Trinajstić information content (AvgIpc) is 2.92. The fourth-order valence-electron chi connectivity index (χ4n) is 4.11. The highest BCUT2D eigenvalue weighted by Gasteiger charge is 2.43. The summed E-state index contributed by atoms with van der Waals surface area (Å²) in [6, 6.07) is 2.62. The molecule has 2 saturated carbocycles. The molecule has 3 rings (SSSR count). The molecule has 1 aromatic carbocycles. The SMILES string of the molecule is OC1(Cc2c(F)ccc(Br)c2F)CCC2(CCCC2)CC1. The Hall–Kier alpha value is -0.480. The molecule has 2 aliphatic carbocycles. The summed E-state index contributed by atoms with van der Waals surface area (Å²) in [4.78, 5) is 0. The monoisotopic (exact) mass is 358 g/mol. The van der Waals surface area contributed by atoms with Crippen molar-refractivity contribution in [1.29, 1.82) is 0 Å². The van der Waals surface area contributed by atoms with Crippen molar-refractivity contribution in [2.45, 2.75) is 63.4 Å². The zero-order chi connectivity index (χ0) is 15.1. The van der Waals surface area contributed by atoms with E-state index in [1.54, 1.807) is 0 Å². The van der Waals surface area contributed by atoms with E-state index in [1.165, 1.54) is 37.8 Å². The van der Waals surface area contributed by atoms with Gasteiger partial charge in [0.2, 0.25) is 0 Å². The Bertz CT molecular complexity index is 528. The van der Waals surface area contributed by atoms with Gasteiger partial charge in [0.1, 0.15) is 11.6 Å². The van der Waals surface area contributed by atoms with Crippen LogP contribution in [0.5, 0.6) is 0 Å². The molecule has 1 spiro atoms. The molecule has 2 fully saturated rings. The summed E-state index contributed by atoms with van der Waals surface area (Å²) in [5.74, 6) is -1.14. The maximum atomic E-state index is 14.1. The number of hydrogen-bond donors (Lipinski definition) is 1. The van der Waals surface area contributed by atoms with Gasteiger partial charge in [-0.2, -0.15) is 0 Å². The Morgan fingerprint density at radius 1 is 1.00 bits per heavy atom. The molecule has 0 radical (unpaired) electrons. The number of benzene rings is 1. The Balaban J connectivity index is 1.75. The number of halogens is 3. The molecule has 0 amide bonds. The second-order valence-corrected chi connectivity index (χ2v) is 7.78. The van der Waals surface area contributed by atoms with E-state index in [0.29, 0.717) is 18.3 Å². The summed E-state index contributed by atoms with van der Waals surface area (Å²) in [5, 5.41) is 10.8. The molecule has 1 nitrogen and oxygen atoms in total. The standard InChI is InChI=1S/C17H21BrF2O/c18-13-3-4-14(19)12(15(13)20)11-17(21)9-7-16(8-10-17)5-1-2-6-16/h3-4,21H,1-2,5-11H2. The van der Waals surface area contributed by atoms with Crippen molar-refractivity contribution >= 4 is 15.9 Å². The minimum absolute atomic E-state index is 0.00856. The molecule has 0 aromatic heterocycles. The van der Waals surface area contributed by atoms with Gasteiger partial charge in [-0.1, -0.05) is 12.8 Å². The van der Waals surface area contributed by atoms with Crippen LogP contribution in [0.15, 0.2) is 16.6 Å². The summed E-state index contributed by atoms with van der Waals surface area (Å²) in [6.07, 6.45) is 8.42. The zero-order valence-electron chi connectivity index (χ0n) is 12.1. The number of hydrogen-bond acceptors (Lipinski definition) is 1. The van der Waals surface area contributed by atoms with Crippen LogP contribution in [-0.4, -0.2) is 10.7 Å². The lowest BCUT2D eigenvalue weighted by molar-refractivity contribution is -0.0332. The van der Waals surface area contributed by atoms with E-state index in [4.69, 9.17) is 0 Å². The fourth-order valence-corrected chi connectivity index (χ4v) is 4.48. The van der Waals surface area contributed by atoms with Crippen LogP contribution < -0.4 is 0 Å². The van der Waals surface area contributed by atoms with Crippen molar-refractivity contribution in [3.63, 3.8) is 0 Å². The lowest BCUT2D eigenvalue weighted by atomic mass is 9.66. The molecule has 21 heavy (non-hydrogen) atoms. The topological polar surface area (TPSA) is 20.2 Å². The largest absolute Gasteiger partial charge is 0.390 e.